The Morgan fingerprint density at radius 3 is 2.86 bits per heavy atom. The number of anilines is 1. The van der Waals surface area contributed by atoms with Gasteiger partial charge in [0, 0.05) is 25.5 Å². The number of nitrogens with zero attached hydrogens (tertiary/aromatic N) is 2. The van der Waals surface area contributed by atoms with Crippen LogP contribution < -0.4 is 5.32 Å². The molecular formula is C17H28FN3. The molecule has 1 aromatic rings. The van der Waals surface area contributed by atoms with E-state index < -0.39 is 6.17 Å². The highest BCUT2D eigenvalue weighted by atomic mass is 19.1. The van der Waals surface area contributed by atoms with E-state index in [1.807, 2.05) is 18.1 Å². The Balaban J connectivity index is 2.07. The van der Waals surface area contributed by atoms with Gasteiger partial charge in [-0.05, 0) is 36.9 Å². The second-order valence-corrected chi connectivity index (χ2v) is 6.91. The SMILES string of the molecule is CCCC(C)(C)c1cncc(N[C@H]2CCN(C)C[C@H]2F)c1. The van der Waals surface area contributed by atoms with Crippen molar-refractivity contribution in [1.82, 2.24) is 9.88 Å². The van der Waals surface area contributed by atoms with Crippen LogP contribution in [0.2, 0.25) is 0 Å². The lowest BCUT2D eigenvalue weighted by Crippen LogP contribution is -2.46. The minimum Gasteiger partial charge on any atom is -0.378 e. The third-order valence-electron chi connectivity index (χ3n) is 4.49. The highest BCUT2D eigenvalue weighted by molar-refractivity contribution is 5.45. The summed E-state index contributed by atoms with van der Waals surface area (Å²) in [5, 5.41) is 3.34. The number of halogens is 1. The molecule has 4 heteroatoms. The number of rotatable bonds is 5. The number of pyridine rings is 1. The fraction of sp³-hybridized carbons (Fsp3) is 0.706. The van der Waals surface area contributed by atoms with Crippen LogP contribution in [0, 0.1) is 0 Å². The van der Waals surface area contributed by atoms with Gasteiger partial charge in [0.05, 0.1) is 11.7 Å². The predicted octanol–water partition coefficient (Wildman–Crippen LogP) is 3.61. The van der Waals surface area contributed by atoms with E-state index in [0.717, 1.165) is 31.5 Å². The summed E-state index contributed by atoms with van der Waals surface area (Å²) in [6.45, 7) is 8.12. The first kappa shape index (κ1) is 16.2. The number of piperidine rings is 1. The maximum atomic E-state index is 14.1. The fourth-order valence-electron chi connectivity index (χ4n) is 3.09. The summed E-state index contributed by atoms with van der Waals surface area (Å²) in [5.41, 5.74) is 2.27. The van der Waals surface area contributed by atoms with Crippen molar-refractivity contribution in [2.75, 3.05) is 25.5 Å². The summed E-state index contributed by atoms with van der Waals surface area (Å²) in [4.78, 5) is 6.39. The molecule has 0 aromatic carbocycles. The number of hydrogen-bond donors (Lipinski definition) is 1. The van der Waals surface area contributed by atoms with Gasteiger partial charge in [-0.15, -0.1) is 0 Å². The van der Waals surface area contributed by atoms with E-state index in [2.05, 4.69) is 37.1 Å². The first-order chi connectivity index (χ1) is 9.92. The molecule has 0 saturated carbocycles. The van der Waals surface area contributed by atoms with Crippen molar-refractivity contribution in [1.29, 1.82) is 0 Å². The summed E-state index contributed by atoms with van der Waals surface area (Å²) in [5.74, 6) is 0. The Labute approximate surface area is 127 Å². The smallest absolute Gasteiger partial charge is 0.133 e. The predicted molar refractivity (Wildman–Crippen MR) is 86.6 cm³/mol. The molecule has 0 bridgehead atoms. The van der Waals surface area contributed by atoms with Gasteiger partial charge < -0.3 is 10.2 Å². The number of alkyl halides is 1. The van der Waals surface area contributed by atoms with E-state index in [9.17, 15) is 4.39 Å². The average molecular weight is 293 g/mol. The monoisotopic (exact) mass is 293 g/mol. The molecule has 0 spiro atoms. The van der Waals surface area contributed by atoms with Gasteiger partial charge in [-0.25, -0.2) is 4.39 Å². The van der Waals surface area contributed by atoms with Crippen molar-refractivity contribution in [3.05, 3.63) is 24.0 Å². The molecule has 0 unspecified atom stereocenters. The topological polar surface area (TPSA) is 28.2 Å². The second-order valence-electron chi connectivity index (χ2n) is 6.91. The largest absolute Gasteiger partial charge is 0.378 e. The van der Waals surface area contributed by atoms with Crippen LogP contribution in [0.1, 0.15) is 45.6 Å². The zero-order valence-corrected chi connectivity index (χ0v) is 13.7. The van der Waals surface area contributed by atoms with Crippen LogP contribution in [0.25, 0.3) is 0 Å². The normalized spacial score (nSPS) is 24.0. The Bertz CT molecular complexity index is 461. The summed E-state index contributed by atoms with van der Waals surface area (Å²) in [6.07, 6.45) is 6.01. The van der Waals surface area contributed by atoms with Crippen molar-refractivity contribution in [2.45, 2.75) is 57.7 Å². The number of likely N-dealkylation sites (tertiary alicyclic amines) is 1. The lowest BCUT2D eigenvalue weighted by Gasteiger charge is -2.33. The summed E-state index contributed by atoms with van der Waals surface area (Å²) in [6, 6.07) is 2.03. The maximum absolute atomic E-state index is 14.1. The van der Waals surface area contributed by atoms with Gasteiger partial charge >= 0.3 is 0 Å². The first-order valence-electron chi connectivity index (χ1n) is 7.97. The Kier molecular flexibility index (Phi) is 5.20. The van der Waals surface area contributed by atoms with Crippen LogP contribution in [0.3, 0.4) is 0 Å². The minimum absolute atomic E-state index is 0.104. The molecule has 2 rings (SSSR count). The van der Waals surface area contributed by atoms with Crippen molar-refractivity contribution >= 4 is 5.69 Å². The van der Waals surface area contributed by atoms with E-state index in [4.69, 9.17) is 0 Å². The molecule has 0 aliphatic carbocycles. The van der Waals surface area contributed by atoms with Crippen LogP contribution in [-0.2, 0) is 5.41 Å². The van der Waals surface area contributed by atoms with Crippen molar-refractivity contribution < 1.29 is 4.39 Å². The van der Waals surface area contributed by atoms with Crippen molar-refractivity contribution in [2.24, 2.45) is 0 Å². The van der Waals surface area contributed by atoms with E-state index in [0.29, 0.717) is 6.54 Å². The first-order valence-corrected chi connectivity index (χ1v) is 7.97. The van der Waals surface area contributed by atoms with Gasteiger partial charge in [0.2, 0.25) is 0 Å². The molecule has 2 heterocycles. The molecule has 0 amide bonds. The lowest BCUT2D eigenvalue weighted by atomic mass is 9.81. The van der Waals surface area contributed by atoms with Crippen LogP contribution >= 0.6 is 0 Å². The minimum atomic E-state index is -0.823. The lowest BCUT2D eigenvalue weighted by molar-refractivity contribution is 0.149. The number of nitrogens with one attached hydrogen (secondary N) is 1. The molecular weight excluding hydrogens is 265 g/mol. The van der Waals surface area contributed by atoms with Crippen LogP contribution in [0.5, 0.6) is 0 Å². The molecule has 3 nitrogen and oxygen atoms in total. The molecule has 1 aliphatic rings. The zero-order valence-electron chi connectivity index (χ0n) is 13.7. The standard InChI is InChI=1S/C17H28FN3/c1-5-7-17(2,3)13-9-14(11-19-10-13)20-16-6-8-21(4)12-15(16)18/h9-11,15-16,20H,5-8,12H2,1-4H3/t15-,16+/m1/s1. The van der Waals surface area contributed by atoms with Crippen LogP contribution in [0.4, 0.5) is 10.1 Å². The Morgan fingerprint density at radius 1 is 1.43 bits per heavy atom. The molecule has 1 N–H and O–H groups in total. The quantitative estimate of drug-likeness (QED) is 0.899. The molecule has 1 fully saturated rings. The Hall–Kier alpha value is -1.16. The average Bonchev–Trinajstić information content (AvgIpc) is 2.42. The summed E-state index contributed by atoms with van der Waals surface area (Å²) in [7, 11) is 1.97. The van der Waals surface area contributed by atoms with E-state index in [1.165, 1.54) is 5.56 Å². The zero-order chi connectivity index (χ0) is 15.5. The van der Waals surface area contributed by atoms with E-state index >= 15 is 0 Å². The molecule has 21 heavy (non-hydrogen) atoms. The van der Waals surface area contributed by atoms with Crippen molar-refractivity contribution in [3.63, 3.8) is 0 Å². The number of aromatic nitrogens is 1. The number of hydrogen-bond acceptors (Lipinski definition) is 3. The maximum Gasteiger partial charge on any atom is 0.133 e. The van der Waals surface area contributed by atoms with Crippen molar-refractivity contribution in [3.8, 4) is 0 Å². The molecule has 0 radical (unpaired) electrons. The van der Waals surface area contributed by atoms with Gasteiger partial charge in [0.25, 0.3) is 0 Å². The van der Waals surface area contributed by atoms with Gasteiger partial charge in [-0.1, -0.05) is 27.2 Å². The highest BCUT2D eigenvalue weighted by Crippen LogP contribution is 2.29. The second kappa shape index (κ2) is 6.73. The van der Waals surface area contributed by atoms with E-state index in [1.54, 1.807) is 6.20 Å². The summed E-state index contributed by atoms with van der Waals surface area (Å²) >= 11 is 0. The highest BCUT2D eigenvalue weighted by Gasteiger charge is 2.28. The Morgan fingerprint density at radius 2 is 2.19 bits per heavy atom. The third-order valence-corrected chi connectivity index (χ3v) is 4.49. The van der Waals surface area contributed by atoms with Gasteiger partial charge in [-0.3, -0.25) is 4.98 Å². The van der Waals surface area contributed by atoms with Gasteiger partial charge in [0.15, 0.2) is 0 Å². The summed E-state index contributed by atoms with van der Waals surface area (Å²) < 4.78 is 14.1. The molecule has 2 atom stereocenters. The van der Waals surface area contributed by atoms with Gasteiger partial charge in [-0.2, -0.15) is 0 Å². The molecule has 118 valence electrons. The van der Waals surface area contributed by atoms with Crippen LogP contribution in [0.15, 0.2) is 18.5 Å². The van der Waals surface area contributed by atoms with E-state index in [-0.39, 0.29) is 11.5 Å². The molecule has 1 saturated heterocycles. The molecule has 1 aromatic heterocycles. The fourth-order valence-corrected chi connectivity index (χ4v) is 3.09. The third kappa shape index (κ3) is 4.16. The molecule has 1 aliphatic heterocycles. The van der Waals surface area contributed by atoms with Crippen LogP contribution in [-0.4, -0.2) is 42.2 Å². The van der Waals surface area contributed by atoms with Gasteiger partial charge in [0.1, 0.15) is 6.17 Å².